The SMILES string of the molecule is CCCNC(=O)c1cccc(CNC(=NC)NC(C)CC)c1.I. The van der Waals surface area contributed by atoms with E-state index in [1.807, 2.05) is 31.2 Å². The van der Waals surface area contributed by atoms with Crippen LogP contribution in [0.1, 0.15) is 49.5 Å². The van der Waals surface area contributed by atoms with E-state index >= 15 is 0 Å². The van der Waals surface area contributed by atoms with Gasteiger partial charge in [-0.25, -0.2) is 0 Å². The average molecular weight is 432 g/mol. The first kappa shape index (κ1) is 21.7. The third-order valence-corrected chi connectivity index (χ3v) is 3.40. The minimum atomic E-state index is -0.0224. The normalized spacial score (nSPS) is 12.1. The number of guanidine groups is 1. The molecule has 0 radical (unpaired) electrons. The summed E-state index contributed by atoms with van der Waals surface area (Å²) < 4.78 is 0. The lowest BCUT2D eigenvalue weighted by Gasteiger charge is -2.16. The van der Waals surface area contributed by atoms with Crippen molar-refractivity contribution in [2.24, 2.45) is 4.99 Å². The Bertz CT molecular complexity index is 505. The molecule has 130 valence electrons. The molecule has 1 aromatic rings. The van der Waals surface area contributed by atoms with Gasteiger partial charge < -0.3 is 16.0 Å². The molecule has 0 spiro atoms. The number of benzene rings is 1. The summed E-state index contributed by atoms with van der Waals surface area (Å²) >= 11 is 0. The van der Waals surface area contributed by atoms with E-state index in [1.54, 1.807) is 7.05 Å². The van der Waals surface area contributed by atoms with Gasteiger partial charge in [-0.05, 0) is 37.5 Å². The second kappa shape index (κ2) is 12.2. The van der Waals surface area contributed by atoms with E-state index in [4.69, 9.17) is 0 Å². The number of hydrogen-bond acceptors (Lipinski definition) is 2. The van der Waals surface area contributed by atoms with Crippen LogP contribution in [0.2, 0.25) is 0 Å². The first-order valence-corrected chi connectivity index (χ1v) is 7.95. The van der Waals surface area contributed by atoms with Crippen molar-refractivity contribution in [1.82, 2.24) is 16.0 Å². The first-order chi connectivity index (χ1) is 10.6. The predicted molar refractivity (Wildman–Crippen MR) is 108 cm³/mol. The van der Waals surface area contributed by atoms with Gasteiger partial charge in [-0.15, -0.1) is 24.0 Å². The molecular weight excluding hydrogens is 403 g/mol. The Labute approximate surface area is 156 Å². The lowest BCUT2D eigenvalue weighted by Crippen LogP contribution is -2.41. The maximum absolute atomic E-state index is 12.0. The van der Waals surface area contributed by atoms with Crippen molar-refractivity contribution >= 4 is 35.8 Å². The highest BCUT2D eigenvalue weighted by Crippen LogP contribution is 2.05. The minimum Gasteiger partial charge on any atom is -0.354 e. The topological polar surface area (TPSA) is 65.5 Å². The van der Waals surface area contributed by atoms with Crippen molar-refractivity contribution in [2.75, 3.05) is 13.6 Å². The van der Waals surface area contributed by atoms with Crippen LogP contribution in [0.4, 0.5) is 0 Å². The quantitative estimate of drug-likeness (QED) is 0.353. The van der Waals surface area contributed by atoms with Gasteiger partial charge in [-0.3, -0.25) is 9.79 Å². The van der Waals surface area contributed by atoms with E-state index < -0.39 is 0 Å². The highest BCUT2D eigenvalue weighted by molar-refractivity contribution is 14.0. The van der Waals surface area contributed by atoms with Crippen LogP contribution in [0.5, 0.6) is 0 Å². The van der Waals surface area contributed by atoms with Crippen LogP contribution in [0, 0.1) is 0 Å². The molecule has 23 heavy (non-hydrogen) atoms. The Morgan fingerprint density at radius 1 is 1.26 bits per heavy atom. The summed E-state index contributed by atoms with van der Waals surface area (Å²) in [6, 6.07) is 8.02. The van der Waals surface area contributed by atoms with Crippen LogP contribution in [0.15, 0.2) is 29.3 Å². The molecule has 0 aliphatic rings. The van der Waals surface area contributed by atoms with Gasteiger partial charge in [0.1, 0.15) is 0 Å². The van der Waals surface area contributed by atoms with Gasteiger partial charge in [0.05, 0.1) is 0 Å². The number of carbonyl (C=O) groups excluding carboxylic acids is 1. The highest BCUT2D eigenvalue weighted by atomic mass is 127. The number of rotatable bonds is 7. The molecule has 0 heterocycles. The molecule has 1 rings (SSSR count). The number of amides is 1. The van der Waals surface area contributed by atoms with Gasteiger partial charge in [0.2, 0.25) is 0 Å². The van der Waals surface area contributed by atoms with E-state index in [0.29, 0.717) is 24.7 Å². The Morgan fingerprint density at radius 2 is 2.00 bits per heavy atom. The van der Waals surface area contributed by atoms with Crippen LogP contribution in [0.3, 0.4) is 0 Å². The number of halogens is 1. The molecule has 0 bridgehead atoms. The van der Waals surface area contributed by atoms with E-state index in [-0.39, 0.29) is 29.9 Å². The fourth-order valence-electron chi connectivity index (χ4n) is 1.88. The summed E-state index contributed by atoms with van der Waals surface area (Å²) in [6.07, 6.45) is 1.97. The van der Waals surface area contributed by atoms with Gasteiger partial charge in [-0.1, -0.05) is 26.0 Å². The average Bonchev–Trinajstić information content (AvgIpc) is 2.56. The molecule has 1 aromatic carbocycles. The number of carbonyl (C=O) groups is 1. The van der Waals surface area contributed by atoms with Gasteiger partial charge in [0, 0.05) is 31.7 Å². The molecule has 3 N–H and O–H groups in total. The summed E-state index contributed by atoms with van der Waals surface area (Å²) in [5.74, 6) is 0.751. The van der Waals surface area contributed by atoms with Crippen molar-refractivity contribution in [3.05, 3.63) is 35.4 Å². The van der Waals surface area contributed by atoms with Crippen LogP contribution in [0.25, 0.3) is 0 Å². The van der Waals surface area contributed by atoms with Crippen molar-refractivity contribution in [1.29, 1.82) is 0 Å². The Balaban J connectivity index is 0.00000484. The maximum atomic E-state index is 12.0. The molecule has 0 aromatic heterocycles. The molecule has 0 fully saturated rings. The third kappa shape index (κ3) is 8.20. The second-order valence-electron chi connectivity index (χ2n) is 5.34. The zero-order chi connectivity index (χ0) is 16.4. The largest absolute Gasteiger partial charge is 0.354 e. The predicted octanol–water partition coefficient (Wildman–Crippen LogP) is 2.91. The van der Waals surface area contributed by atoms with Crippen LogP contribution < -0.4 is 16.0 Å². The number of hydrogen-bond donors (Lipinski definition) is 3. The molecule has 0 aliphatic heterocycles. The smallest absolute Gasteiger partial charge is 0.251 e. The number of aliphatic imine (C=N–C) groups is 1. The number of nitrogens with one attached hydrogen (secondary N) is 3. The molecule has 1 unspecified atom stereocenters. The number of nitrogens with zero attached hydrogens (tertiary/aromatic N) is 1. The van der Waals surface area contributed by atoms with Crippen molar-refractivity contribution in [3.8, 4) is 0 Å². The first-order valence-electron chi connectivity index (χ1n) is 7.95. The van der Waals surface area contributed by atoms with Crippen molar-refractivity contribution < 1.29 is 4.79 Å². The fourth-order valence-corrected chi connectivity index (χ4v) is 1.88. The van der Waals surface area contributed by atoms with Crippen LogP contribution in [-0.2, 0) is 6.54 Å². The van der Waals surface area contributed by atoms with Crippen molar-refractivity contribution in [2.45, 2.75) is 46.2 Å². The van der Waals surface area contributed by atoms with Gasteiger partial charge in [0.25, 0.3) is 5.91 Å². The van der Waals surface area contributed by atoms with E-state index in [1.165, 1.54) is 0 Å². The summed E-state index contributed by atoms with van der Waals surface area (Å²) in [7, 11) is 1.76. The Kier molecular flexibility index (Phi) is 11.5. The lowest BCUT2D eigenvalue weighted by molar-refractivity contribution is 0.0953. The summed E-state index contributed by atoms with van der Waals surface area (Å²) in [4.78, 5) is 16.2. The van der Waals surface area contributed by atoms with E-state index in [0.717, 1.165) is 24.4 Å². The van der Waals surface area contributed by atoms with Gasteiger partial charge in [-0.2, -0.15) is 0 Å². The molecule has 1 amide bonds. The van der Waals surface area contributed by atoms with Crippen molar-refractivity contribution in [3.63, 3.8) is 0 Å². The summed E-state index contributed by atoms with van der Waals surface area (Å²) in [5, 5.41) is 9.47. The molecular formula is C17H29IN4O. The molecule has 0 aliphatic carbocycles. The van der Waals surface area contributed by atoms with E-state index in [9.17, 15) is 4.79 Å². The molecule has 0 saturated heterocycles. The zero-order valence-electron chi connectivity index (χ0n) is 14.5. The molecule has 5 nitrogen and oxygen atoms in total. The highest BCUT2D eigenvalue weighted by Gasteiger charge is 2.06. The lowest BCUT2D eigenvalue weighted by atomic mass is 10.1. The molecule has 6 heteroatoms. The maximum Gasteiger partial charge on any atom is 0.251 e. The summed E-state index contributed by atoms with van der Waals surface area (Å²) in [6.45, 7) is 7.61. The monoisotopic (exact) mass is 432 g/mol. The minimum absolute atomic E-state index is 0. The Hall–Kier alpha value is -1.31. The zero-order valence-corrected chi connectivity index (χ0v) is 16.8. The second-order valence-corrected chi connectivity index (χ2v) is 5.34. The van der Waals surface area contributed by atoms with Crippen LogP contribution in [-0.4, -0.2) is 31.5 Å². The fraction of sp³-hybridized carbons (Fsp3) is 0.529. The van der Waals surface area contributed by atoms with Gasteiger partial charge in [0.15, 0.2) is 5.96 Å². The van der Waals surface area contributed by atoms with E-state index in [2.05, 4.69) is 34.8 Å². The standard InChI is InChI=1S/C17H28N4O.HI/c1-5-10-19-16(22)15-9-7-8-14(11-15)12-20-17(18-4)21-13(3)6-2;/h7-9,11,13H,5-6,10,12H2,1-4H3,(H,19,22)(H2,18,20,21);1H. The van der Waals surface area contributed by atoms with Gasteiger partial charge >= 0.3 is 0 Å². The molecule has 0 saturated carbocycles. The van der Waals surface area contributed by atoms with Crippen LogP contribution >= 0.6 is 24.0 Å². The third-order valence-electron chi connectivity index (χ3n) is 3.40. The molecule has 1 atom stereocenters. The summed E-state index contributed by atoms with van der Waals surface area (Å²) in [5.41, 5.74) is 1.74. The Morgan fingerprint density at radius 3 is 2.61 bits per heavy atom.